The highest BCUT2D eigenvalue weighted by atomic mass is 16.7. The summed E-state index contributed by atoms with van der Waals surface area (Å²) >= 11 is 0. The van der Waals surface area contributed by atoms with Crippen LogP contribution in [-0.2, 0) is 19.0 Å². The molecule has 0 aromatic rings. The lowest BCUT2D eigenvalue weighted by Gasteiger charge is -2.16. The Hall–Kier alpha value is -0.870. The summed E-state index contributed by atoms with van der Waals surface area (Å²) in [4.78, 5) is 11.7. The standard InChI is InChI=1S/C22H40O4/c1-4-5-6-7-8-9-10-11-12-13-14-15-16-17-21(23)24-18-20-19-25-22(2,3)26-20/h9-10,20H,4-8,11-19H2,1-3H3/b10-9-/t20-/m1/s1. The molecular weight excluding hydrogens is 328 g/mol. The molecule has 1 aliphatic rings. The molecule has 4 heteroatoms. The second kappa shape index (κ2) is 14.2. The lowest BCUT2D eigenvalue weighted by atomic mass is 10.1. The maximum absolute atomic E-state index is 11.7. The fraction of sp³-hybridized carbons (Fsp3) is 0.864. The molecule has 0 saturated carbocycles. The van der Waals surface area contributed by atoms with Gasteiger partial charge in [-0.1, -0.05) is 57.6 Å². The van der Waals surface area contributed by atoms with Gasteiger partial charge in [-0.05, 0) is 46.0 Å². The summed E-state index contributed by atoms with van der Waals surface area (Å²) in [6.45, 7) is 6.79. The monoisotopic (exact) mass is 368 g/mol. The molecule has 0 N–H and O–H groups in total. The minimum Gasteiger partial charge on any atom is -0.463 e. The molecule has 0 amide bonds. The zero-order chi connectivity index (χ0) is 19.1. The molecule has 26 heavy (non-hydrogen) atoms. The van der Waals surface area contributed by atoms with Crippen molar-refractivity contribution in [3.63, 3.8) is 0 Å². The molecular formula is C22H40O4. The van der Waals surface area contributed by atoms with E-state index in [-0.39, 0.29) is 12.1 Å². The Balaban J connectivity index is 1.84. The summed E-state index contributed by atoms with van der Waals surface area (Å²) in [7, 11) is 0. The molecule has 1 saturated heterocycles. The molecule has 0 aromatic heterocycles. The third kappa shape index (κ3) is 12.5. The van der Waals surface area contributed by atoms with Crippen molar-refractivity contribution in [1.29, 1.82) is 0 Å². The number of hydrogen-bond acceptors (Lipinski definition) is 4. The van der Waals surface area contributed by atoms with Crippen LogP contribution in [0, 0.1) is 0 Å². The van der Waals surface area contributed by atoms with Crippen LogP contribution < -0.4 is 0 Å². The smallest absolute Gasteiger partial charge is 0.305 e. The maximum Gasteiger partial charge on any atom is 0.305 e. The van der Waals surface area contributed by atoms with Crippen molar-refractivity contribution in [2.45, 2.75) is 110 Å². The van der Waals surface area contributed by atoms with Gasteiger partial charge in [-0.3, -0.25) is 4.79 Å². The van der Waals surface area contributed by atoms with E-state index in [0.29, 0.717) is 19.6 Å². The summed E-state index contributed by atoms with van der Waals surface area (Å²) < 4.78 is 16.3. The van der Waals surface area contributed by atoms with E-state index >= 15 is 0 Å². The average molecular weight is 369 g/mol. The second-order valence-corrected chi connectivity index (χ2v) is 7.76. The summed E-state index contributed by atoms with van der Waals surface area (Å²) in [5.74, 6) is -0.675. The number of esters is 1. The minimum atomic E-state index is -0.554. The van der Waals surface area contributed by atoms with Gasteiger partial charge < -0.3 is 14.2 Å². The highest BCUT2D eigenvalue weighted by molar-refractivity contribution is 5.69. The van der Waals surface area contributed by atoms with E-state index in [9.17, 15) is 4.79 Å². The lowest BCUT2D eigenvalue weighted by molar-refractivity contribution is -0.158. The molecule has 1 rings (SSSR count). The molecule has 0 bridgehead atoms. The van der Waals surface area contributed by atoms with Crippen molar-refractivity contribution in [2.24, 2.45) is 0 Å². The molecule has 1 aliphatic heterocycles. The summed E-state index contributed by atoms with van der Waals surface area (Å²) in [5.41, 5.74) is 0. The molecule has 0 aliphatic carbocycles. The predicted molar refractivity (Wildman–Crippen MR) is 106 cm³/mol. The Morgan fingerprint density at radius 3 is 2.23 bits per heavy atom. The van der Waals surface area contributed by atoms with Crippen LogP contribution >= 0.6 is 0 Å². The Labute approximate surface area is 160 Å². The van der Waals surface area contributed by atoms with Crippen molar-refractivity contribution >= 4 is 5.97 Å². The van der Waals surface area contributed by atoms with Gasteiger partial charge in [-0.15, -0.1) is 0 Å². The number of rotatable bonds is 15. The fourth-order valence-electron chi connectivity index (χ4n) is 3.09. The largest absolute Gasteiger partial charge is 0.463 e. The summed E-state index contributed by atoms with van der Waals surface area (Å²) in [5, 5.41) is 0. The van der Waals surface area contributed by atoms with E-state index in [2.05, 4.69) is 19.1 Å². The zero-order valence-electron chi connectivity index (χ0n) is 17.3. The zero-order valence-corrected chi connectivity index (χ0v) is 17.3. The Bertz CT molecular complexity index is 390. The molecule has 1 fully saturated rings. The molecule has 0 aromatic carbocycles. The van der Waals surface area contributed by atoms with Gasteiger partial charge in [0.1, 0.15) is 12.7 Å². The Kier molecular flexibility index (Phi) is 12.7. The van der Waals surface area contributed by atoms with Crippen LogP contribution in [0.25, 0.3) is 0 Å². The van der Waals surface area contributed by atoms with Crippen molar-refractivity contribution in [3.05, 3.63) is 12.2 Å². The first-order valence-electron chi connectivity index (χ1n) is 10.7. The topological polar surface area (TPSA) is 44.8 Å². The van der Waals surface area contributed by atoms with E-state index in [1.54, 1.807) is 0 Å². The molecule has 0 unspecified atom stereocenters. The summed E-state index contributed by atoms with van der Waals surface area (Å²) in [6.07, 6.45) is 18.6. The third-order valence-electron chi connectivity index (χ3n) is 4.64. The molecule has 0 spiro atoms. The highest BCUT2D eigenvalue weighted by Crippen LogP contribution is 2.22. The molecule has 1 atom stereocenters. The van der Waals surface area contributed by atoms with Crippen LogP contribution in [0.5, 0.6) is 0 Å². The van der Waals surface area contributed by atoms with Crippen molar-refractivity contribution in [2.75, 3.05) is 13.2 Å². The first-order chi connectivity index (χ1) is 12.5. The minimum absolute atomic E-state index is 0.121. The third-order valence-corrected chi connectivity index (χ3v) is 4.64. The van der Waals surface area contributed by atoms with Crippen LogP contribution in [0.2, 0.25) is 0 Å². The van der Waals surface area contributed by atoms with Crippen LogP contribution in [0.4, 0.5) is 0 Å². The molecule has 152 valence electrons. The van der Waals surface area contributed by atoms with Crippen LogP contribution in [0.3, 0.4) is 0 Å². The van der Waals surface area contributed by atoms with Gasteiger partial charge in [0.05, 0.1) is 6.61 Å². The maximum atomic E-state index is 11.7. The van der Waals surface area contributed by atoms with Gasteiger partial charge in [0, 0.05) is 6.42 Å². The molecule has 0 radical (unpaired) electrons. The van der Waals surface area contributed by atoms with Gasteiger partial charge >= 0.3 is 5.97 Å². The quantitative estimate of drug-likeness (QED) is 0.204. The Morgan fingerprint density at radius 1 is 1.00 bits per heavy atom. The van der Waals surface area contributed by atoms with Gasteiger partial charge in [0.2, 0.25) is 0 Å². The predicted octanol–water partition coefficient (Wildman–Crippen LogP) is 5.94. The van der Waals surface area contributed by atoms with Gasteiger partial charge in [-0.25, -0.2) is 0 Å². The van der Waals surface area contributed by atoms with E-state index < -0.39 is 5.79 Å². The summed E-state index contributed by atoms with van der Waals surface area (Å²) in [6, 6.07) is 0. The lowest BCUT2D eigenvalue weighted by Crippen LogP contribution is -2.25. The molecule has 4 nitrogen and oxygen atoms in total. The van der Waals surface area contributed by atoms with Gasteiger partial charge in [-0.2, -0.15) is 0 Å². The van der Waals surface area contributed by atoms with E-state index in [1.807, 2.05) is 13.8 Å². The number of carbonyl (C=O) groups is 1. The fourth-order valence-corrected chi connectivity index (χ4v) is 3.09. The number of allylic oxidation sites excluding steroid dienone is 2. The van der Waals surface area contributed by atoms with Crippen molar-refractivity contribution in [3.8, 4) is 0 Å². The number of hydrogen-bond donors (Lipinski definition) is 0. The second-order valence-electron chi connectivity index (χ2n) is 7.76. The van der Waals surface area contributed by atoms with E-state index in [0.717, 1.165) is 12.8 Å². The average Bonchev–Trinajstić information content (AvgIpc) is 2.96. The first-order valence-corrected chi connectivity index (χ1v) is 10.7. The molecule has 1 heterocycles. The van der Waals surface area contributed by atoms with Crippen LogP contribution in [0.1, 0.15) is 97.8 Å². The normalized spacial score (nSPS) is 19.3. The highest BCUT2D eigenvalue weighted by Gasteiger charge is 2.33. The van der Waals surface area contributed by atoms with Crippen molar-refractivity contribution in [1.82, 2.24) is 0 Å². The van der Waals surface area contributed by atoms with Crippen LogP contribution in [0.15, 0.2) is 12.2 Å². The Morgan fingerprint density at radius 2 is 1.62 bits per heavy atom. The van der Waals surface area contributed by atoms with Crippen LogP contribution in [-0.4, -0.2) is 31.1 Å². The van der Waals surface area contributed by atoms with E-state index in [1.165, 1.54) is 57.8 Å². The number of ether oxygens (including phenoxy) is 3. The number of carbonyl (C=O) groups excluding carboxylic acids is 1. The number of unbranched alkanes of at least 4 members (excludes halogenated alkanes) is 9. The van der Waals surface area contributed by atoms with Crippen molar-refractivity contribution < 1.29 is 19.0 Å². The first kappa shape index (κ1) is 23.2. The van der Waals surface area contributed by atoms with Gasteiger partial charge in [0.15, 0.2) is 5.79 Å². The SMILES string of the molecule is CCCCCC/C=C\CCCCCCCC(=O)OC[C@@H]1COC(C)(C)O1. The van der Waals surface area contributed by atoms with Gasteiger partial charge in [0.25, 0.3) is 0 Å². The van der Waals surface area contributed by atoms with E-state index in [4.69, 9.17) is 14.2 Å².